The first-order chi connectivity index (χ1) is 10.7. The molecule has 5 nitrogen and oxygen atoms in total. The fourth-order valence-corrected chi connectivity index (χ4v) is 3.05. The topological polar surface area (TPSA) is 64.0 Å². The quantitative estimate of drug-likeness (QED) is 0.845. The van der Waals surface area contributed by atoms with E-state index in [2.05, 4.69) is 50.9 Å². The molecule has 0 atom stereocenters. The number of pyridine rings is 1. The molecule has 2 aliphatic rings. The maximum Gasteiger partial charge on any atom is 0.135 e. The minimum Gasteiger partial charge on any atom is -0.379 e. The summed E-state index contributed by atoms with van der Waals surface area (Å²) < 4.78 is 0. The molecule has 0 amide bonds. The summed E-state index contributed by atoms with van der Waals surface area (Å²) in [4.78, 5) is 6.63. The van der Waals surface area contributed by atoms with E-state index >= 15 is 0 Å². The first kappa shape index (κ1) is 13.0. The van der Waals surface area contributed by atoms with Crippen molar-refractivity contribution in [2.45, 2.75) is 13.5 Å². The molecule has 0 unspecified atom stereocenters. The highest BCUT2D eigenvalue weighted by atomic mass is 15.2. The molecule has 0 radical (unpaired) electrons. The maximum absolute atomic E-state index is 9.13. The third-order valence-corrected chi connectivity index (χ3v) is 4.33. The molecule has 1 fully saturated rings. The van der Waals surface area contributed by atoms with E-state index < -0.39 is 0 Å². The van der Waals surface area contributed by atoms with E-state index in [1.165, 1.54) is 0 Å². The molecular weight excluding hydrogens is 274 g/mol. The Labute approximate surface area is 129 Å². The Hall–Kier alpha value is -2.74. The van der Waals surface area contributed by atoms with Crippen LogP contribution in [0.1, 0.15) is 12.5 Å². The van der Waals surface area contributed by atoms with Gasteiger partial charge in [-0.05, 0) is 31.2 Å². The normalized spacial score (nSPS) is 17.7. The molecule has 0 bridgehead atoms. The first-order valence-corrected chi connectivity index (χ1v) is 7.42. The maximum atomic E-state index is 9.13. The lowest BCUT2D eigenvalue weighted by atomic mass is 9.83. The minimum absolute atomic E-state index is 0.210. The smallest absolute Gasteiger partial charge is 0.135 e. The van der Waals surface area contributed by atoms with Crippen molar-refractivity contribution >= 4 is 22.9 Å². The molecule has 0 aliphatic carbocycles. The van der Waals surface area contributed by atoms with Gasteiger partial charge in [0.15, 0.2) is 0 Å². The monoisotopic (exact) mass is 291 g/mol. The average Bonchev–Trinajstić information content (AvgIpc) is 2.70. The Balaban J connectivity index is 1.60. The van der Waals surface area contributed by atoms with Crippen LogP contribution < -0.4 is 15.5 Å². The number of nitrogens with one attached hydrogen (secondary N) is 2. The van der Waals surface area contributed by atoms with E-state index in [1.807, 2.05) is 13.0 Å². The molecule has 1 saturated heterocycles. The van der Waals surface area contributed by atoms with Crippen LogP contribution in [-0.4, -0.2) is 18.1 Å². The van der Waals surface area contributed by atoms with E-state index in [1.54, 1.807) is 6.20 Å². The van der Waals surface area contributed by atoms with Gasteiger partial charge in [0, 0.05) is 37.1 Å². The van der Waals surface area contributed by atoms with Gasteiger partial charge in [-0.2, -0.15) is 5.26 Å². The van der Waals surface area contributed by atoms with Crippen LogP contribution in [-0.2, 0) is 6.54 Å². The van der Waals surface area contributed by atoms with E-state index in [0.717, 1.165) is 48.1 Å². The third-order valence-electron chi connectivity index (χ3n) is 4.33. The first-order valence-electron chi connectivity index (χ1n) is 7.42. The molecule has 1 aromatic heterocycles. The van der Waals surface area contributed by atoms with Crippen molar-refractivity contribution in [3.05, 3.63) is 42.1 Å². The molecule has 1 aromatic carbocycles. The largest absolute Gasteiger partial charge is 0.379 e. The summed E-state index contributed by atoms with van der Waals surface area (Å²) in [5, 5.41) is 16.0. The predicted molar refractivity (Wildman–Crippen MR) is 87.2 cm³/mol. The fraction of sp³-hybridized carbons (Fsp3) is 0.294. The molecule has 4 rings (SSSR count). The van der Waals surface area contributed by atoms with Crippen LogP contribution in [0.2, 0.25) is 0 Å². The highest BCUT2D eigenvalue weighted by molar-refractivity contribution is 5.80. The number of hydrogen-bond donors (Lipinski definition) is 2. The number of rotatable bonds is 1. The van der Waals surface area contributed by atoms with Crippen LogP contribution in [0.25, 0.3) is 0 Å². The lowest BCUT2D eigenvalue weighted by molar-refractivity contribution is 0.337. The van der Waals surface area contributed by atoms with Crippen molar-refractivity contribution < 1.29 is 0 Å². The van der Waals surface area contributed by atoms with E-state index in [-0.39, 0.29) is 5.41 Å². The highest BCUT2D eigenvalue weighted by Crippen LogP contribution is 2.38. The van der Waals surface area contributed by atoms with Crippen LogP contribution in [0, 0.1) is 16.7 Å². The molecule has 2 aromatic rings. The molecule has 22 heavy (non-hydrogen) atoms. The summed E-state index contributed by atoms with van der Waals surface area (Å²) in [5.41, 5.74) is 4.20. The van der Waals surface area contributed by atoms with Gasteiger partial charge < -0.3 is 15.5 Å². The van der Waals surface area contributed by atoms with Crippen molar-refractivity contribution in [1.82, 2.24) is 4.98 Å². The number of anilines is 4. The number of nitrogens with zero attached hydrogens (tertiary/aromatic N) is 3. The molecule has 0 spiro atoms. The number of benzene rings is 1. The second-order valence-electron chi connectivity index (χ2n) is 6.25. The predicted octanol–water partition coefficient (Wildman–Crippen LogP) is 3.10. The molecule has 110 valence electrons. The van der Waals surface area contributed by atoms with E-state index in [9.17, 15) is 0 Å². The zero-order valence-electron chi connectivity index (χ0n) is 12.4. The molecular formula is C17H17N5. The van der Waals surface area contributed by atoms with Crippen LogP contribution in [0.5, 0.6) is 0 Å². The van der Waals surface area contributed by atoms with Crippen LogP contribution in [0.15, 0.2) is 36.5 Å². The molecule has 0 saturated carbocycles. The molecule has 2 aliphatic heterocycles. The summed E-state index contributed by atoms with van der Waals surface area (Å²) in [5.74, 6) is 0.905. The lowest BCUT2D eigenvalue weighted by Crippen LogP contribution is -2.54. The molecule has 2 N–H and O–H groups in total. The number of aromatic nitrogens is 1. The average molecular weight is 291 g/mol. The SMILES string of the molecule is CC1(C#N)CN(c2ccc3c(c2)NCc2cccnc2N3)C1. The van der Waals surface area contributed by atoms with Crippen molar-refractivity contribution in [2.24, 2.45) is 5.41 Å². The number of fused-ring (bicyclic) bond motifs is 2. The van der Waals surface area contributed by atoms with Gasteiger partial charge >= 0.3 is 0 Å². The summed E-state index contributed by atoms with van der Waals surface area (Å²) in [6.07, 6.45) is 1.80. The zero-order chi connectivity index (χ0) is 15.2. The Morgan fingerprint density at radius 3 is 2.95 bits per heavy atom. The van der Waals surface area contributed by atoms with Gasteiger partial charge in [-0.15, -0.1) is 0 Å². The van der Waals surface area contributed by atoms with Gasteiger partial charge in [0.2, 0.25) is 0 Å². The van der Waals surface area contributed by atoms with Crippen molar-refractivity contribution in [3.63, 3.8) is 0 Å². The zero-order valence-corrected chi connectivity index (χ0v) is 12.4. The van der Waals surface area contributed by atoms with Crippen molar-refractivity contribution in [2.75, 3.05) is 28.6 Å². The van der Waals surface area contributed by atoms with Gasteiger partial charge in [0.1, 0.15) is 5.82 Å². The molecule has 3 heterocycles. The van der Waals surface area contributed by atoms with Gasteiger partial charge in [-0.3, -0.25) is 0 Å². The number of nitriles is 1. The minimum atomic E-state index is -0.210. The number of hydrogen-bond acceptors (Lipinski definition) is 5. The summed E-state index contributed by atoms with van der Waals surface area (Å²) in [7, 11) is 0. The van der Waals surface area contributed by atoms with Gasteiger partial charge in [0.05, 0.1) is 22.9 Å². The third kappa shape index (κ3) is 2.04. The standard InChI is InChI=1S/C17H17N5/c1-17(9-18)10-22(11-17)13-4-5-14-15(7-13)20-8-12-3-2-6-19-16(12)21-14/h2-7,20H,8,10-11H2,1H3,(H,19,21). The second kappa shape index (κ2) is 4.63. The molecule has 5 heteroatoms. The van der Waals surface area contributed by atoms with Crippen molar-refractivity contribution in [1.29, 1.82) is 5.26 Å². The Morgan fingerprint density at radius 1 is 1.27 bits per heavy atom. The summed E-state index contributed by atoms with van der Waals surface area (Å²) >= 11 is 0. The van der Waals surface area contributed by atoms with Crippen LogP contribution >= 0.6 is 0 Å². The van der Waals surface area contributed by atoms with Crippen LogP contribution in [0.3, 0.4) is 0 Å². The summed E-state index contributed by atoms with van der Waals surface area (Å²) in [6.45, 7) is 4.34. The Morgan fingerprint density at radius 2 is 2.14 bits per heavy atom. The Kier molecular flexibility index (Phi) is 2.73. The van der Waals surface area contributed by atoms with Gasteiger partial charge in [0.25, 0.3) is 0 Å². The van der Waals surface area contributed by atoms with Crippen LogP contribution in [0.4, 0.5) is 22.9 Å². The van der Waals surface area contributed by atoms with Gasteiger partial charge in [-0.1, -0.05) is 6.07 Å². The lowest BCUT2D eigenvalue weighted by Gasteiger charge is -2.45. The fourth-order valence-electron chi connectivity index (χ4n) is 3.05. The van der Waals surface area contributed by atoms with Crippen molar-refractivity contribution in [3.8, 4) is 6.07 Å². The summed E-state index contributed by atoms with van der Waals surface area (Å²) in [6, 6.07) is 12.7. The van der Waals surface area contributed by atoms with E-state index in [4.69, 9.17) is 5.26 Å². The second-order valence-corrected chi connectivity index (χ2v) is 6.25. The van der Waals surface area contributed by atoms with E-state index in [0.29, 0.717) is 0 Å². The highest BCUT2D eigenvalue weighted by Gasteiger charge is 2.39. The Bertz CT molecular complexity index is 771. The van der Waals surface area contributed by atoms with Gasteiger partial charge in [-0.25, -0.2) is 4.98 Å².